The molecule has 0 saturated heterocycles. The Morgan fingerprint density at radius 2 is 1.62 bits per heavy atom. The molecule has 7 nitrogen and oxygen atoms in total. The molecule has 0 aliphatic rings. The average Bonchev–Trinajstić information content (AvgIpc) is 2.76. The molecule has 192 valence electrons. The number of amides is 3. The first-order valence-electron chi connectivity index (χ1n) is 12.6. The van der Waals surface area contributed by atoms with Crippen molar-refractivity contribution >= 4 is 17.9 Å². The molecule has 7 heteroatoms. The first-order valence-corrected chi connectivity index (χ1v) is 12.6. The number of carbonyl (C=O) groups excluding carboxylic acids is 3. The van der Waals surface area contributed by atoms with Crippen molar-refractivity contribution < 1.29 is 19.1 Å². The summed E-state index contributed by atoms with van der Waals surface area (Å²) in [6.45, 7) is 14.0. The largest absolute Gasteiger partial charge is 0.444 e. The van der Waals surface area contributed by atoms with Crippen LogP contribution >= 0.6 is 0 Å². The summed E-state index contributed by atoms with van der Waals surface area (Å²) < 4.78 is 5.28. The lowest BCUT2D eigenvalue weighted by atomic mass is 9.98. The SMILES string of the molecule is CCCCCNC(=O)C(c1ccccc1)N(C(=O)CNC(=O)OC(C)(C)C)C(C)CCC(C)C. The summed E-state index contributed by atoms with van der Waals surface area (Å²) in [6.07, 6.45) is 4.00. The van der Waals surface area contributed by atoms with Crippen molar-refractivity contribution in [3.8, 4) is 0 Å². The van der Waals surface area contributed by atoms with Crippen LogP contribution in [0.25, 0.3) is 0 Å². The Morgan fingerprint density at radius 1 is 0.971 bits per heavy atom. The molecule has 2 N–H and O–H groups in total. The Kier molecular flexibility index (Phi) is 12.7. The van der Waals surface area contributed by atoms with Crippen molar-refractivity contribution in [3.63, 3.8) is 0 Å². The number of carbonyl (C=O) groups is 3. The molecular weight excluding hydrogens is 430 g/mol. The lowest BCUT2D eigenvalue weighted by molar-refractivity contribution is -0.142. The molecule has 1 rings (SSSR count). The highest BCUT2D eigenvalue weighted by Gasteiger charge is 2.34. The van der Waals surface area contributed by atoms with E-state index in [0.717, 1.165) is 37.7 Å². The van der Waals surface area contributed by atoms with Crippen LogP contribution in [0, 0.1) is 5.92 Å². The topological polar surface area (TPSA) is 87.7 Å². The highest BCUT2D eigenvalue weighted by Crippen LogP contribution is 2.26. The van der Waals surface area contributed by atoms with Crippen molar-refractivity contribution in [2.24, 2.45) is 5.92 Å². The molecule has 0 aliphatic carbocycles. The molecule has 0 aliphatic heterocycles. The van der Waals surface area contributed by atoms with Crippen LogP contribution in [-0.4, -0.2) is 47.5 Å². The minimum absolute atomic E-state index is 0.193. The van der Waals surface area contributed by atoms with Crippen LogP contribution < -0.4 is 10.6 Å². The standard InChI is InChI=1S/C27H45N3O4/c1-8-9-13-18-28-25(32)24(22-14-11-10-12-15-22)30(21(4)17-16-20(2)3)23(31)19-29-26(33)34-27(5,6)7/h10-12,14-15,20-21,24H,8-9,13,16-19H2,1-7H3,(H,28,32)(H,29,33). The van der Waals surface area contributed by atoms with Gasteiger partial charge >= 0.3 is 6.09 Å². The van der Waals surface area contributed by atoms with Crippen LogP contribution in [0.4, 0.5) is 4.79 Å². The number of hydrogen-bond acceptors (Lipinski definition) is 4. The summed E-state index contributed by atoms with van der Waals surface area (Å²) in [5.74, 6) is -0.0543. The van der Waals surface area contributed by atoms with Gasteiger partial charge in [0.2, 0.25) is 11.8 Å². The van der Waals surface area contributed by atoms with E-state index in [-0.39, 0.29) is 24.4 Å². The maximum absolute atomic E-state index is 13.5. The zero-order valence-corrected chi connectivity index (χ0v) is 22.1. The van der Waals surface area contributed by atoms with Crippen LogP contribution in [0.3, 0.4) is 0 Å². The summed E-state index contributed by atoms with van der Waals surface area (Å²) in [5, 5.41) is 5.58. The Hall–Kier alpha value is -2.57. The first kappa shape index (κ1) is 29.5. The van der Waals surface area contributed by atoms with Gasteiger partial charge in [0, 0.05) is 12.6 Å². The van der Waals surface area contributed by atoms with Crippen molar-refractivity contribution in [2.45, 2.75) is 98.3 Å². The van der Waals surface area contributed by atoms with Crippen LogP contribution in [-0.2, 0) is 14.3 Å². The van der Waals surface area contributed by atoms with Gasteiger partial charge in [-0.05, 0) is 58.4 Å². The first-order chi connectivity index (χ1) is 16.0. The highest BCUT2D eigenvalue weighted by molar-refractivity contribution is 5.90. The van der Waals surface area contributed by atoms with Gasteiger partial charge in [0.05, 0.1) is 0 Å². The van der Waals surface area contributed by atoms with Crippen molar-refractivity contribution in [2.75, 3.05) is 13.1 Å². The third kappa shape index (κ3) is 11.0. The molecule has 0 fully saturated rings. The average molecular weight is 476 g/mol. The number of rotatable bonds is 13. The fraction of sp³-hybridized carbons (Fsp3) is 0.667. The monoisotopic (exact) mass is 475 g/mol. The van der Waals surface area contributed by atoms with Gasteiger partial charge in [0.25, 0.3) is 0 Å². The minimum Gasteiger partial charge on any atom is -0.444 e. The number of nitrogens with one attached hydrogen (secondary N) is 2. The van der Waals surface area contributed by atoms with Crippen molar-refractivity contribution in [1.29, 1.82) is 0 Å². The molecule has 0 spiro atoms. The summed E-state index contributed by atoms with van der Waals surface area (Å²) >= 11 is 0. The van der Waals surface area contributed by atoms with Gasteiger partial charge in [0.15, 0.2) is 0 Å². The van der Waals surface area contributed by atoms with E-state index in [4.69, 9.17) is 4.74 Å². The van der Waals surface area contributed by atoms with Crippen LogP contribution in [0.1, 0.15) is 92.2 Å². The fourth-order valence-corrected chi connectivity index (χ4v) is 3.67. The Morgan fingerprint density at radius 3 is 2.18 bits per heavy atom. The van der Waals surface area contributed by atoms with Gasteiger partial charge in [-0.1, -0.05) is 63.9 Å². The Balaban J connectivity index is 3.18. The van der Waals surface area contributed by atoms with Crippen LogP contribution in [0.2, 0.25) is 0 Å². The normalized spacial score (nSPS) is 13.2. The molecule has 0 radical (unpaired) electrons. The maximum atomic E-state index is 13.5. The van der Waals surface area contributed by atoms with E-state index < -0.39 is 17.7 Å². The van der Waals surface area contributed by atoms with Crippen LogP contribution in [0.5, 0.6) is 0 Å². The second-order valence-corrected chi connectivity index (χ2v) is 10.3. The number of nitrogens with zero attached hydrogens (tertiary/aromatic N) is 1. The fourth-order valence-electron chi connectivity index (χ4n) is 3.67. The van der Waals surface area contributed by atoms with Crippen molar-refractivity contribution in [1.82, 2.24) is 15.5 Å². The highest BCUT2D eigenvalue weighted by atomic mass is 16.6. The molecule has 2 unspecified atom stereocenters. The van der Waals surface area contributed by atoms with E-state index in [1.165, 1.54) is 0 Å². The number of benzene rings is 1. The second-order valence-electron chi connectivity index (χ2n) is 10.3. The molecule has 0 heterocycles. The van der Waals surface area contributed by atoms with Gasteiger partial charge in [-0.25, -0.2) is 4.79 Å². The lowest BCUT2D eigenvalue weighted by Gasteiger charge is -2.36. The van der Waals surface area contributed by atoms with E-state index in [9.17, 15) is 14.4 Å². The summed E-state index contributed by atoms with van der Waals surface area (Å²) in [4.78, 5) is 40.7. The number of hydrogen-bond donors (Lipinski definition) is 2. The predicted octanol–water partition coefficient (Wildman–Crippen LogP) is 5.21. The molecule has 3 amide bonds. The smallest absolute Gasteiger partial charge is 0.408 e. The third-order valence-electron chi connectivity index (χ3n) is 5.43. The summed E-state index contributed by atoms with van der Waals surface area (Å²) in [7, 11) is 0. The number of alkyl carbamates (subject to hydrolysis) is 1. The van der Waals surface area contributed by atoms with E-state index in [2.05, 4.69) is 31.4 Å². The van der Waals surface area contributed by atoms with Crippen LogP contribution in [0.15, 0.2) is 30.3 Å². The van der Waals surface area contributed by atoms with E-state index in [1.54, 1.807) is 25.7 Å². The van der Waals surface area contributed by atoms with Gasteiger partial charge < -0.3 is 20.3 Å². The predicted molar refractivity (Wildman–Crippen MR) is 136 cm³/mol. The quantitative estimate of drug-likeness (QED) is 0.383. The molecule has 1 aromatic carbocycles. The molecule has 2 atom stereocenters. The molecule has 1 aromatic rings. The van der Waals surface area contributed by atoms with E-state index in [0.29, 0.717) is 12.5 Å². The molecule has 0 bridgehead atoms. The Bertz CT molecular complexity index is 759. The molecular formula is C27H45N3O4. The summed E-state index contributed by atoms with van der Waals surface area (Å²) in [5.41, 5.74) is 0.0833. The Labute approximate surface area is 206 Å². The van der Waals surface area contributed by atoms with E-state index in [1.807, 2.05) is 37.3 Å². The van der Waals surface area contributed by atoms with Gasteiger partial charge in [-0.15, -0.1) is 0 Å². The molecule has 0 saturated carbocycles. The van der Waals surface area contributed by atoms with Gasteiger partial charge in [-0.2, -0.15) is 0 Å². The summed E-state index contributed by atoms with van der Waals surface area (Å²) in [6, 6.07) is 8.39. The van der Waals surface area contributed by atoms with Crippen molar-refractivity contribution in [3.05, 3.63) is 35.9 Å². The minimum atomic E-state index is -0.780. The van der Waals surface area contributed by atoms with Gasteiger partial charge in [0.1, 0.15) is 18.2 Å². The molecule has 0 aromatic heterocycles. The zero-order chi connectivity index (χ0) is 25.7. The number of unbranched alkanes of at least 4 members (excludes halogenated alkanes) is 2. The zero-order valence-electron chi connectivity index (χ0n) is 22.1. The van der Waals surface area contributed by atoms with Gasteiger partial charge in [-0.3, -0.25) is 9.59 Å². The van der Waals surface area contributed by atoms with E-state index >= 15 is 0 Å². The second kappa shape index (κ2) is 14.6. The third-order valence-corrected chi connectivity index (χ3v) is 5.43. The lowest BCUT2D eigenvalue weighted by Crippen LogP contribution is -2.51. The number of ether oxygens (including phenoxy) is 1. The maximum Gasteiger partial charge on any atom is 0.408 e. The molecule has 34 heavy (non-hydrogen) atoms.